The van der Waals surface area contributed by atoms with E-state index in [2.05, 4.69) is 100 Å². The van der Waals surface area contributed by atoms with E-state index >= 15 is 24.0 Å². The second kappa shape index (κ2) is 69.5. The molecule has 2 aliphatic heterocycles. The number of aliphatic hydroxyl groups excluding tert-OH is 3. The Kier molecular flexibility index (Phi) is 57.8. The number of hydrogen-bond acceptors (Lipinski definition) is 29. The summed E-state index contributed by atoms with van der Waals surface area (Å²) in [6, 6.07) is -2.38. The molecule has 2 fully saturated rings. The molecule has 6 rings (SSSR count). The number of carboxylic acid groups (broad SMARTS) is 2. The number of carboxylic acids is 2. The number of fused-ring (bicyclic) bond motifs is 2. The number of unbranched alkanes of at least 4 members (excludes halogenated alkanes) is 14. The van der Waals surface area contributed by atoms with Gasteiger partial charge in [-0.1, -0.05) is 152 Å². The number of ether oxygens (including phenoxy) is 2. The topological polar surface area (TPSA) is 765 Å². The molecule has 2 aliphatic rings. The molecule has 2 aromatic carbocycles. The molecule has 0 radical (unpaired) electrons. The molecule has 12 atom stereocenters. The summed E-state index contributed by atoms with van der Waals surface area (Å²) >= 11 is 0. The van der Waals surface area contributed by atoms with Gasteiger partial charge >= 0.3 is 11.9 Å². The Hall–Kier alpha value is -13.6. The van der Waals surface area contributed by atoms with Crippen LogP contribution in [0.1, 0.15) is 236 Å². The van der Waals surface area contributed by atoms with Crippen molar-refractivity contribution in [1.82, 2.24) is 110 Å². The van der Waals surface area contributed by atoms with Crippen LogP contribution in [0.15, 0.2) is 60.8 Å². The number of Topliss-reactive ketones (excluding diaryl/α,β-unsaturated/α-hetero) is 2. The van der Waals surface area contributed by atoms with Crippen molar-refractivity contribution >= 4 is 129 Å². The Bertz CT molecular complexity index is 4900. The van der Waals surface area contributed by atoms with E-state index < -0.39 is 269 Å². The first-order chi connectivity index (χ1) is 71.0. The molecule has 0 aliphatic carbocycles. The number of ketones is 2. The first-order valence-electron chi connectivity index (χ1n) is 51.1. The van der Waals surface area contributed by atoms with Crippen molar-refractivity contribution in [2.24, 2.45) is 11.5 Å². The summed E-state index contributed by atoms with van der Waals surface area (Å²) in [5, 5.41) is 109. The van der Waals surface area contributed by atoms with E-state index in [1.165, 1.54) is 58.3 Å². The summed E-state index contributed by atoms with van der Waals surface area (Å²) in [7, 11) is 0. The molecule has 26 N–H and O–H groups in total. The standard InChI is InChI=1S/C98H152N24O26/c1-3-4-33-70(89(138)113-74-41-40-65(126)31-20-17-21-34-68(62(2)125)108-93(142)76(51-64-53-105-69-35-25-24-32-67(64)69)114-90(139)72(37-28-45-104-98(100)101)110-92(141)75(50-63-29-18-16-19-30-63)115-96(145)79-52-66(127)55-122(79)97(74)146)109-88(137)71(36-26-27-44-102-84(131)56-121(57-86(133)134)58-87(135)136)111-95(144)78(60-124)116-91(140)73(42-43-80(99)128)112-94(143)77(59-123)107-83(130)54-106-85(132)61-148-49-48-147-47-46-103-82(129)39-23-15-13-11-9-7-5-6-8-10-12-14-22-38-81-117-119-120-118-81/h16,18-19,24-25,29-30,32,35,53,66,68,70-79,105,123-124,127H,3-15,17,20-23,26-28,31,33-34,36-52,54-61H2,1-2H3,(H2,99,128)(H,102,131)(H,103,129)(H,106,132)(H,107,130)(H,108,142)(H,109,137)(H,110,141)(H,111,144)(H,112,143)(H,113,138)(H,114,139)(H,115,145)(H,116,140)(H,133,134)(H,135,136)(H4,100,101,104)(H,117,118,119,120)/t66-,68+,70+,71+,72+,73+,74+,75-,76+,77+,78+,79+/m1/s1. The molecule has 148 heavy (non-hydrogen) atoms. The van der Waals surface area contributed by atoms with Gasteiger partial charge in [0.15, 0.2) is 11.7 Å². The van der Waals surface area contributed by atoms with Gasteiger partial charge in [-0.15, -0.1) is 5.10 Å². The number of carbonyl (C=O) groups excluding carboxylic acids is 17. The minimum atomic E-state index is -2.03. The molecule has 2 aromatic heterocycles. The van der Waals surface area contributed by atoms with Gasteiger partial charge in [0, 0.05) is 94.6 Å². The average Bonchev–Trinajstić information content (AvgIpc) is 1.66. The van der Waals surface area contributed by atoms with Gasteiger partial charge in [0.25, 0.3) is 0 Å². The lowest BCUT2D eigenvalue weighted by atomic mass is 9.99. The summed E-state index contributed by atoms with van der Waals surface area (Å²) in [4.78, 5) is 267. The lowest BCUT2D eigenvalue weighted by Crippen LogP contribution is -2.61. The number of amides is 15. The van der Waals surface area contributed by atoms with Crippen molar-refractivity contribution in [1.29, 1.82) is 5.41 Å². The minimum Gasteiger partial charge on any atom is -0.480 e. The lowest BCUT2D eigenvalue weighted by molar-refractivity contribution is -0.143. The fourth-order valence-electron chi connectivity index (χ4n) is 16.9. The number of nitrogens with zero attached hydrogens (tertiary/aromatic N) is 5. The lowest BCUT2D eigenvalue weighted by Gasteiger charge is -2.31. The molecular formula is C98H152N24O26. The van der Waals surface area contributed by atoms with Crippen LogP contribution in [-0.2, 0) is 120 Å². The Morgan fingerprint density at radius 1 is 0.541 bits per heavy atom. The maximum Gasteiger partial charge on any atom is 0.317 e. The molecule has 4 heterocycles. The number of H-pyrrole nitrogens is 2. The highest BCUT2D eigenvalue weighted by Crippen LogP contribution is 2.25. The number of aliphatic hydroxyl groups is 3. The van der Waals surface area contributed by atoms with Crippen molar-refractivity contribution in [3.05, 3.63) is 77.7 Å². The number of nitrogens with two attached hydrogens (primary N) is 2. The maximum atomic E-state index is 15.5. The highest BCUT2D eigenvalue weighted by molar-refractivity contribution is 6.01. The molecule has 2 saturated heterocycles. The van der Waals surface area contributed by atoms with Crippen molar-refractivity contribution in [3.8, 4) is 0 Å². The van der Waals surface area contributed by atoms with Crippen LogP contribution in [0, 0.1) is 5.41 Å². The van der Waals surface area contributed by atoms with Crippen LogP contribution in [0.2, 0.25) is 0 Å². The predicted molar refractivity (Wildman–Crippen MR) is 536 cm³/mol. The van der Waals surface area contributed by atoms with Crippen LogP contribution in [-0.4, -0.2) is 344 Å². The van der Waals surface area contributed by atoms with E-state index in [0.717, 1.165) is 65.1 Å². The number of carbonyl (C=O) groups is 19. The molecule has 50 heteroatoms. The third-order valence-corrected chi connectivity index (χ3v) is 24.9. The number of nitrogens with one attached hydrogen (secondary N) is 17. The molecule has 820 valence electrons. The second-order valence-electron chi connectivity index (χ2n) is 37.1. The van der Waals surface area contributed by atoms with Crippen molar-refractivity contribution < 1.29 is 126 Å². The Labute approximate surface area is 858 Å². The van der Waals surface area contributed by atoms with Gasteiger partial charge in [-0.2, -0.15) is 0 Å². The quantitative estimate of drug-likeness (QED) is 0.0125. The zero-order valence-corrected chi connectivity index (χ0v) is 84.5. The van der Waals surface area contributed by atoms with E-state index in [1.54, 1.807) is 55.6 Å². The number of aromatic nitrogens is 5. The third kappa shape index (κ3) is 48.8. The van der Waals surface area contributed by atoms with Gasteiger partial charge in [-0.25, -0.2) is 5.10 Å². The molecule has 0 unspecified atom stereocenters. The monoisotopic (exact) mass is 2080 g/mol. The van der Waals surface area contributed by atoms with Crippen LogP contribution < -0.4 is 85.9 Å². The fourth-order valence-corrected chi connectivity index (χ4v) is 16.9. The number of aryl methyl sites for hydroxylation is 1. The number of primary amides is 1. The number of rotatable bonds is 65. The van der Waals surface area contributed by atoms with Gasteiger partial charge in [-0.05, 0) is 112 Å². The molecule has 50 nitrogen and oxygen atoms in total. The summed E-state index contributed by atoms with van der Waals surface area (Å²) in [5.74, 6) is -17.5. The fraction of sp³-hybridized carbons (Fsp3) is 0.643. The van der Waals surface area contributed by atoms with E-state index in [9.17, 15) is 92.7 Å². The Morgan fingerprint density at radius 2 is 1.11 bits per heavy atom. The highest BCUT2D eigenvalue weighted by atomic mass is 16.5. The van der Waals surface area contributed by atoms with E-state index in [-0.39, 0.29) is 129 Å². The number of benzene rings is 2. The normalized spacial score (nSPS) is 18.2. The smallest absolute Gasteiger partial charge is 0.317 e. The molecule has 0 saturated carbocycles. The average molecular weight is 2080 g/mol. The minimum absolute atomic E-state index is 0.0227. The number of tetrazole rings is 1. The summed E-state index contributed by atoms with van der Waals surface area (Å²) in [6.45, 7) is -3.18. The zero-order valence-electron chi connectivity index (χ0n) is 84.5. The Morgan fingerprint density at radius 3 is 1.74 bits per heavy atom. The van der Waals surface area contributed by atoms with Crippen LogP contribution in [0.5, 0.6) is 0 Å². The van der Waals surface area contributed by atoms with Crippen molar-refractivity contribution in [2.75, 3.05) is 92.0 Å². The van der Waals surface area contributed by atoms with Gasteiger partial charge in [0.05, 0.1) is 71.4 Å². The van der Waals surface area contributed by atoms with Crippen LogP contribution in [0.4, 0.5) is 0 Å². The van der Waals surface area contributed by atoms with Crippen LogP contribution in [0.3, 0.4) is 0 Å². The number of aliphatic carboxylic acids is 2. The first kappa shape index (κ1) is 123. The largest absolute Gasteiger partial charge is 0.480 e. The zero-order chi connectivity index (χ0) is 108. The second-order valence-corrected chi connectivity index (χ2v) is 37.1. The molecule has 0 spiro atoms. The van der Waals surface area contributed by atoms with Gasteiger partial charge < -0.3 is 131 Å². The molecule has 4 aromatic rings. The maximum absolute atomic E-state index is 15.5. The molecular weight excluding hydrogens is 1930 g/mol. The van der Waals surface area contributed by atoms with Gasteiger partial charge in [0.2, 0.25) is 88.6 Å². The summed E-state index contributed by atoms with van der Waals surface area (Å²) in [5.41, 5.74) is 12.9. The number of guanidine groups is 1. The van der Waals surface area contributed by atoms with Crippen molar-refractivity contribution in [2.45, 2.75) is 311 Å². The van der Waals surface area contributed by atoms with Crippen LogP contribution >= 0.6 is 0 Å². The molecule has 15 amide bonds. The van der Waals surface area contributed by atoms with E-state index in [0.29, 0.717) is 30.4 Å². The van der Waals surface area contributed by atoms with E-state index in [1.807, 2.05) is 12.1 Å². The predicted octanol–water partition coefficient (Wildman–Crippen LogP) is -2.39. The Balaban J connectivity index is 1.13. The summed E-state index contributed by atoms with van der Waals surface area (Å²) in [6.07, 6.45) is 14.0. The third-order valence-electron chi connectivity index (χ3n) is 24.9. The van der Waals surface area contributed by atoms with Crippen molar-refractivity contribution in [3.63, 3.8) is 0 Å². The highest BCUT2D eigenvalue weighted by Gasteiger charge is 2.45. The molecule has 0 bridgehead atoms. The number of aromatic amines is 2. The first-order valence-corrected chi connectivity index (χ1v) is 51.1. The van der Waals surface area contributed by atoms with E-state index in [4.69, 9.17) is 26.4 Å². The van der Waals surface area contributed by atoms with Crippen LogP contribution in [0.25, 0.3) is 10.9 Å². The number of hydrogen-bond donors (Lipinski definition) is 24. The van der Waals surface area contributed by atoms with Gasteiger partial charge in [0.1, 0.15) is 78.6 Å². The summed E-state index contributed by atoms with van der Waals surface area (Å²) < 4.78 is 10.8. The SMILES string of the molecule is CCCC[C@H](NC(=O)[C@H](CCCCNC(=O)CN(CC(=O)O)CC(=O)O)NC(=O)[C@H](CO)NC(=O)[C@H](CCC(N)=O)NC(=O)[C@H](CO)NC(=O)CNC(=O)COCCOCCNC(=O)CCCCCCCCCCCCCCCc1nnn[nH]1)C(=O)N[C@H]1CCC(=O)CCCCC[C@@H](C(C)=O)NC(=O)[C@H](Cc2c[nH]c3ccccc23)NC(=O)[C@H](CCCNC(=N)N)NC(=O)[C@@H](Cc2ccccc2)NC(=O)[C@@H]2C[C@@H](O)CN2C1=O. The number of para-hydroxylation sites is 1. The van der Waals surface area contributed by atoms with Gasteiger partial charge in [-0.3, -0.25) is 101 Å².